The van der Waals surface area contributed by atoms with E-state index < -0.39 is 0 Å². The number of benzene rings is 2. The molecule has 1 aliphatic heterocycles. The van der Waals surface area contributed by atoms with E-state index in [0.29, 0.717) is 5.92 Å². The predicted octanol–water partition coefficient (Wildman–Crippen LogP) is 6.83. The molecule has 1 nitrogen and oxygen atoms in total. The third-order valence-corrected chi connectivity index (χ3v) is 6.68. The van der Waals surface area contributed by atoms with Crippen LogP contribution in [0, 0.1) is 6.92 Å². The summed E-state index contributed by atoms with van der Waals surface area (Å²) in [6.45, 7) is 4.85. The standard InChI is InChI=1S/C24H30ClN/c1-18-16-20(19-9-12-22(25)13-10-19)11-14-24(18)21-6-5-15-26(17-21)23-7-3-2-4-8-23/h9-14,16,21,23H,2-8,15,17H2,1H3. The van der Waals surface area contributed by atoms with Gasteiger partial charge in [0.05, 0.1) is 0 Å². The SMILES string of the molecule is Cc1cc(-c2ccc(Cl)cc2)ccc1C1CCCN(C2CCCCC2)C1. The lowest BCUT2D eigenvalue weighted by Gasteiger charge is -2.40. The van der Waals surface area contributed by atoms with Crippen LogP contribution < -0.4 is 0 Å². The Morgan fingerprint density at radius 2 is 1.58 bits per heavy atom. The maximum absolute atomic E-state index is 6.03. The highest BCUT2D eigenvalue weighted by atomic mass is 35.5. The highest BCUT2D eigenvalue weighted by molar-refractivity contribution is 6.30. The van der Waals surface area contributed by atoms with Crippen molar-refractivity contribution in [1.29, 1.82) is 0 Å². The highest BCUT2D eigenvalue weighted by Crippen LogP contribution is 2.34. The second-order valence-corrected chi connectivity index (χ2v) is 8.64. The molecule has 1 unspecified atom stereocenters. The Morgan fingerprint density at radius 1 is 0.846 bits per heavy atom. The van der Waals surface area contributed by atoms with E-state index in [1.165, 1.54) is 74.7 Å². The molecular formula is C24H30ClN. The number of rotatable bonds is 3. The van der Waals surface area contributed by atoms with Crippen molar-refractivity contribution in [2.24, 2.45) is 0 Å². The van der Waals surface area contributed by atoms with E-state index in [1.54, 1.807) is 5.56 Å². The first-order chi connectivity index (χ1) is 12.7. The predicted molar refractivity (Wildman–Crippen MR) is 112 cm³/mol. The Bertz CT molecular complexity index is 730. The van der Waals surface area contributed by atoms with Crippen molar-refractivity contribution in [3.8, 4) is 11.1 Å². The molecule has 2 heteroatoms. The van der Waals surface area contributed by atoms with Gasteiger partial charge in [0.1, 0.15) is 0 Å². The van der Waals surface area contributed by atoms with Gasteiger partial charge >= 0.3 is 0 Å². The zero-order valence-corrected chi connectivity index (χ0v) is 16.6. The average molecular weight is 368 g/mol. The van der Waals surface area contributed by atoms with E-state index in [2.05, 4.69) is 42.2 Å². The number of likely N-dealkylation sites (tertiary alicyclic amines) is 1. The van der Waals surface area contributed by atoms with Crippen LogP contribution >= 0.6 is 11.6 Å². The van der Waals surface area contributed by atoms with Gasteiger partial charge in [-0.2, -0.15) is 0 Å². The largest absolute Gasteiger partial charge is 0.300 e. The number of hydrogen-bond donors (Lipinski definition) is 0. The lowest BCUT2D eigenvalue weighted by Crippen LogP contribution is -2.43. The van der Waals surface area contributed by atoms with E-state index in [1.807, 2.05) is 12.1 Å². The van der Waals surface area contributed by atoms with Crippen LogP contribution in [0.5, 0.6) is 0 Å². The summed E-state index contributed by atoms with van der Waals surface area (Å²) in [6, 6.07) is 16.1. The number of halogens is 1. The Balaban J connectivity index is 1.50. The molecular weight excluding hydrogens is 338 g/mol. The maximum atomic E-state index is 6.03. The zero-order chi connectivity index (χ0) is 17.9. The summed E-state index contributed by atoms with van der Waals surface area (Å²) >= 11 is 6.03. The number of piperidine rings is 1. The molecule has 0 amide bonds. The molecule has 138 valence electrons. The summed E-state index contributed by atoms with van der Waals surface area (Å²) in [4.78, 5) is 2.81. The first-order valence-electron chi connectivity index (χ1n) is 10.3. The van der Waals surface area contributed by atoms with Crippen LogP contribution in [-0.2, 0) is 0 Å². The molecule has 1 aliphatic carbocycles. The minimum Gasteiger partial charge on any atom is -0.300 e. The first-order valence-corrected chi connectivity index (χ1v) is 10.7. The van der Waals surface area contributed by atoms with Crippen molar-refractivity contribution < 1.29 is 0 Å². The second kappa shape index (κ2) is 8.15. The molecule has 2 aromatic rings. The Morgan fingerprint density at radius 3 is 2.31 bits per heavy atom. The smallest absolute Gasteiger partial charge is 0.0406 e. The Kier molecular flexibility index (Phi) is 5.66. The molecule has 0 spiro atoms. The van der Waals surface area contributed by atoms with Crippen LogP contribution in [-0.4, -0.2) is 24.0 Å². The molecule has 1 saturated carbocycles. The van der Waals surface area contributed by atoms with Gasteiger partial charge in [-0.15, -0.1) is 0 Å². The fourth-order valence-electron chi connectivity index (χ4n) is 4.99. The monoisotopic (exact) mass is 367 g/mol. The second-order valence-electron chi connectivity index (χ2n) is 8.20. The third-order valence-electron chi connectivity index (χ3n) is 6.43. The molecule has 0 radical (unpaired) electrons. The molecule has 0 N–H and O–H groups in total. The molecule has 1 atom stereocenters. The van der Waals surface area contributed by atoms with Crippen molar-refractivity contribution in [2.75, 3.05) is 13.1 Å². The third kappa shape index (κ3) is 4.00. The van der Waals surface area contributed by atoms with Gasteiger partial charge in [0.15, 0.2) is 0 Å². The van der Waals surface area contributed by atoms with Gasteiger partial charge in [-0.05, 0) is 79.5 Å². The van der Waals surface area contributed by atoms with Gasteiger partial charge < -0.3 is 0 Å². The number of aryl methyl sites for hydroxylation is 1. The van der Waals surface area contributed by atoms with Gasteiger partial charge in [0.25, 0.3) is 0 Å². The molecule has 0 bridgehead atoms. The quantitative estimate of drug-likeness (QED) is 0.574. The van der Waals surface area contributed by atoms with E-state index in [4.69, 9.17) is 11.6 Å². The summed E-state index contributed by atoms with van der Waals surface area (Å²) in [5.74, 6) is 0.699. The molecule has 2 aromatic carbocycles. The van der Waals surface area contributed by atoms with E-state index in [9.17, 15) is 0 Å². The topological polar surface area (TPSA) is 3.24 Å². The van der Waals surface area contributed by atoms with E-state index >= 15 is 0 Å². The van der Waals surface area contributed by atoms with E-state index in [0.717, 1.165) is 11.1 Å². The average Bonchev–Trinajstić information content (AvgIpc) is 2.69. The lowest BCUT2D eigenvalue weighted by molar-refractivity contribution is 0.118. The fraction of sp³-hybridized carbons (Fsp3) is 0.500. The lowest BCUT2D eigenvalue weighted by atomic mass is 9.84. The van der Waals surface area contributed by atoms with Gasteiger partial charge in [-0.3, -0.25) is 4.90 Å². The zero-order valence-electron chi connectivity index (χ0n) is 15.9. The van der Waals surface area contributed by atoms with Crippen molar-refractivity contribution in [1.82, 2.24) is 4.90 Å². The summed E-state index contributed by atoms with van der Waals surface area (Å²) < 4.78 is 0. The Hall–Kier alpha value is -1.31. The van der Waals surface area contributed by atoms with Crippen molar-refractivity contribution >= 4 is 11.6 Å². The minimum absolute atomic E-state index is 0.699. The van der Waals surface area contributed by atoms with Crippen molar-refractivity contribution in [3.05, 3.63) is 58.6 Å². The molecule has 2 aliphatic rings. The number of nitrogens with zero attached hydrogens (tertiary/aromatic N) is 1. The normalized spacial score (nSPS) is 22.5. The van der Waals surface area contributed by atoms with Crippen LogP contribution in [0.4, 0.5) is 0 Å². The summed E-state index contributed by atoms with van der Waals surface area (Å²) in [5.41, 5.74) is 5.54. The molecule has 1 saturated heterocycles. The van der Waals surface area contributed by atoms with Crippen LogP contribution in [0.25, 0.3) is 11.1 Å². The summed E-state index contributed by atoms with van der Waals surface area (Å²) in [6.07, 6.45) is 9.83. The first kappa shape index (κ1) is 18.1. The minimum atomic E-state index is 0.699. The molecule has 2 fully saturated rings. The fourth-order valence-corrected chi connectivity index (χ4v) is 5.12. The van der Waals surface area contributed by atoms with Crippen LogP contribution in [0.15, 0.2) is 42.5 Å². The van der Waals surface area contributed by atoms with Gasteiger partial charge in [-0.1, -0.05) is 61.2 Å². The summed E-state index contributed by atoms with van der Waals surface area (Å²) in [7, 11) is 0. The molecule has 0 aromatic heterocycles. The van der Waals surface area contributed by atoms with Crippen molar-refractivity contribution in [2.45, 2.75) is 63.8 Å². The van der Waals surface area contributed by atoms with Gasteiger partial charge in [0, 0.05) is 17.6 Å². The molecule has 26 heavy (non-hydrogen) atoms. The van der Waals surface area contributed by atoms with Crippen LogP contribution in [0.1, 0.15) is 62.0 Å². The van der Waals surface area contributed by atoms with Crippen LogP contribution in [0.3, 0.4) is 0 Å². The molecule has 4 rings (SSSR count). The molecule has 1 heterocycles. The number of hydrogen-bond acceptors (Lipinski definition) is 1. The maximum Gasteiger partial charge on any atom is 0.0406 e. The van der Waals surface area contributed by atoms with E-state index in [-0.39, 0.29) is 0 Å². The van der Waals surface area contributed by atoms with Gasteiger partial charge in [-0.25, -0.2) is 0 Å². The summed E-state index contributed by atoms with van der Waals surface area (Å²) in [5, 5.41) is 0.798. The van der Waals surface area contributed by atoms with Crippen LogP contribution in [0.2, 0.25) is 5.02 Å². The highest BCUT2D eigenvalue weighted by Gasteiger charge is 2.28. The Labute approximate surface area is 163 Å². The van der Waals surface area contributed by atoms with Gasteiger partial charge in [0.2, 0.25) is 0 Å². The van der Waals surface area contributed by atoms with Crippen molar-refractivity contribution in [3.63, 3.8) is 0 Å².